The summed E-state index contributed by atoms with van der Waals surface area (Å²) in [6.07, 6.45) is 5.59. The van der Waals surface area contributed by atoms with Gasteiger partial charge in [0.2, 0.25) is 0 Å². The summed E-state index contributed by atoms with van der Waals surface area (Å²) < 4.78 is 48.5. The van der Waals surface area contributed by atoms with Gasteiger partial charge < -0.3 is 9.47 Å². The quantitative estimate of drug-likeness (QED) is 0.764. The van der Waals surface area contributed by atoms with E-state index >= 15 is 0 Å². The Hall–Kier alpha value is -2.76. The number of fused-ring (bicyclic) bond motifs is 1. The number of alkyl halides is 3. The molecule has 0 N–H and O–H groups in total. The number of halogens is 3. The van der Waals surface area contributed by atoms with Crippen LogP contribution in [0.15, 0.2) is 72.1 Å². The average molecular weight is 334 g/mol. The van der Waals surface area contributed by atoms with Crippen LogP contribution in [0.2, 0.25) is 0 Å². The van der Waals surface area contributed by atoms with E-state index in [-0.39, 0.29) is 24.2 Å². The van der Waals surface area contributed by atoms with E-state index in [1.165, 1.54) is 18.2 Å². The summed E-state index contributed by atoms with van der Waals surface area (Å²) in [5.74, 6) is 0.393. The number of ether oxygens (including phenoxy) is 2. The Morgan fingerprint density at radius 2 is 2.17 bits per heavy atom. The highest BCUT2D eigenvalue weighted by Crippen LogP contribution is 2.31. The van der Waals surface area contributed by atoms with Crippen LogP contribution in [-0.2, 0) is 15.7 Å². The van der Waals surface area contributed by atoms with Gasteiger partial charge in [-0.25, -0.2) is 0 Å². The lowest BCUT2D eigenvalue weighted by Gasteiger charge is -2.09. The molecule has 1 atom stereocenters. The molecule has 0 spiro atoms. The van der Waals surface area contributed by atoms with Gasteiger partial charge in [-0.3, -0.25) is 4.79 Å². The van der Waals surface area contributed by atoms with Gasteiger partial charge in [0.25, 0.3) is 0 Å². The summed E-state index contributed by atoms with van der Waals surface area (Å²) in [6.45, 7) is -0.344. The molecule has 0 saturated heterocycles. The Morgan fingerprint density at radius 1 is 1.33 bits per heavy atom. The van der Waals surface area contributed by atoms with E-state index in [2.05, 4.69) is 0 Å². The van der Waals surface area contributed by atoms with Crippen LogP contribution in [0.1, 0.15) is 5.56 Å². The van der Waals surface area contributed by atoms with Gasteiger partial charge in [0.05, 0.1) is 5.56 Å². The van der Waals surface area contributed by atoms with Crippen molar-refractivity contribution in [3.05, 3.63) is 77.6 Å². The predicted molar refractivity (Wildman–Crippen MR) is 81.3 cm³/mol. The number of hydrogen-bond acceptors (Lipinski definition) is 3. The van der Waals surface area contributed by atoms with Gasteiger partial charge in [0.15, 0.2) is 12.4 Å². The molecule has 124 valence electrons. The van der Waals surface area contributed by atoms with Crippen molar-refractivity contribution < 1.29 is 27.4 Å². The summed E-state index contributed by atoms with van der Waals surface area (Å²) in [5.41, 5.74) is 0.152. The number of hydrogen-bond donors (Lipinski definition) is 0. The first-order valence-electron chi connectivity index (χ1n) is 7.20. The SMILES string of the molecule is O=C(/C=C/C1C=C2C=CC=C2O1)COc1cccc(C(F)(F)F)c1. The standard InChI is InChI=1S/C18H13F3O3/c19-18(20,21)13-4-2-5-15(10-13)23-11-14(22)7-8-16-9-12-3-1-6-17(12)24-16/h1-10,16H,11H2/b8-7+. The molecular formula is C18H13F3O3. The third-order valence-corrected chi connectivity index (χ3v) is 3.43. The van der Waals surface area contributed by atoms with E-state index in [0.29, 0.717) is 0 Å². The Morgan fingerprint density at radius 3 is 2.92 bits per heavy atom. The van der Waals surface area contributed by atoms with Crippen molar-refractivity contribution in [1.29, 1.82) is 0 Å². The summed E-state index contributed by atoms with van der Waals surface area (Å²) in [6, 6.07) is 4.41. The van der Waals surface area contributed by atoms with Gasteiger partial charge in [-0.05, 0) is 42.5 Å². The Bertz CT molecular complexity index is 770. The maximum Gasteiger partial charge on any atom is 0.416 e. The number of benzene rings is 1. The molecule has 6 heteroatoms. The van der Waals surface area contributed by atoms with Crippen molar-refractivity contribution >= 4 is 5.78 Å². The van der Waals surface area contributed by atoms with E-state index in [0.717, 1.165) is 23.5 Å². The molecule has 1 heterocycles. The Labute approximate surface area is 136 Å². The number of carbonyl (C=O) groups is 1. The number of rotatable bonds is 5. The normalized spacial score (nSPS) is 19.0. The van der Waals surface area contributed by atoms with Gasteiger partial charge in [0, 0.05) is 5.57 Å². The Balaban J connectivity index is 1.53. The van der Waals surface area contributed by atoms with Gasteiger partial charge in [-0.1, -0.05) is 18.2 Å². The van der Waals surface area contributed by atoms with E-state index in [9.17, 15) is 18.0 Å². The van der Waals surface area contributed by atoms with Crippen molar-refractivity contribution in [2.45, 2.75) is 12.3 Å². The van der Waals surface area contributed by atoms with Crippen LogP contribution in [0.25, 0.3) is 0 Å². The summed E-state index contributed by atoms with van der Waals surface area (Å²) in [4.78, 5) is 11.8. The fourth-order valence-electron chi connectivity index (χ4n) is 2.28. The zero-order valence-electron chi connectivity index (χ0n) is 12.4. The molecule has 0 radical (unpaired) electrons. The minimum atomic E-state index is -4.45. The second-order valence-electron chi connectivity index (χ2n) is 5.23. The van der Waals surface area contributed by atoms with Gasteiger partial charge in [0.1, 0.15) is 17.6 Å². The van der Waals surface area contributed by atoms with E-state index in [4.69, 9.17) is 9.47 Å². The van der Waals surface area contributed by atoms with Gasteiger partial charge >= 0.3 is 6.18 Å². The maximum atomic E-state index is 12.6. The van der Waals surface area contributed by atoms with E-state index in [1.807, 2.05) is 24.3 Å². The summed E-state index contributed by atoms with van der Waals surface area (Å²) in [7, 11) is 0. The largest absolute Gasteiger partial charge is 0.485 e. The highest BCUT2D eigenvalue weighted by Gasteiger charge is 2.30. The van der Waals surface area contributed by atoms with Crippen molar-refractivity contribution in [3.63, 3.8) is 0 Å². The molecule has 1 aromatic carbocycles. The molecular weight excluding hydrogens is 321 g/mol. The van der Waals surface area contributed by atoms with Crippen molar-refractivity contribution in [1.82, 2.24) is 0 Å². The summed E-state index contributed by atoms with van der Waals surface area (Å²) >= 11 is 0. The number of allylic oxidation sites excluding steroid dienone is 3. The lowest BCUT2D eigenvalue weighted by Crippen LogP contribution is -2.11. The molecule has 0 bridgehead atoms. The average Bonchev–Trinajstić information content (AvgIpc) is 3.11. The maximum absolute atomic E-state index is 12.6. The van der Waals surface area contributed by atoms with Gasteiger partial charge in [-0.15, -0.1) is 0 Å². The second kappa shape index (κ2) is 6.39. The molecule has 2 aliphatic rings. The molecule has 0 fully saturated rings. The zero-order valence-corrected chi connectivity index (χ0v) is 12.4. The zero-order chi connectivity index (χ0) is 17.2. The molecule has 1 aliphatic heterocycles. The minimum Gasteiger partial charge on any atom is -0.485 e. The monoisotopic (exact) mass is 334 g/mol. The van der Waals surface area contributed by atoms with Gasteiger partial charge in [-0.2, -0.15) is 13.2 Å². The third kappa shape index (κ3) is 3.76. The summed E-state index contributed by atoms with van der Waals surface area (Å²) in [5, 5.41) is 0. The van der Waals surface area contributed by atoms with Crippen LogP contribution in [0.4, 0.5) is 13.2 Å². The van der Waals surface area contributed by atoms with Crippen molar-refractivity contribution in [3.8, 4) is 5.75 Å². The number of ketones is 1. The first-order chi connectivity index (χ1) is 11.4. The first kappa shape index (κ1) is 16.1. The topological polar surface area (TPSA) is 35.5 Å². The third-order valence-electron chi connectivity index (χ3n) is 3.43. The molecule has 1 aliphatic carbocycles. The fraction of sp³-hybridized carbons (Fsp3) is 0.167. The lowest BCUT2D eigenvalue weighted by molar-refractivity contribution is -0.137. The molecule has 24 heavy (non-hydrogen) atoms. The highest BCUT2D eigenvalue weighted by atomic mass is 19.4. The molecule has 0 aromatic heterocycles. The van der Waals surface area contributed by atoms with Crippen LogP contribution in [0, 0.1) is 0 Å². The number of carbonyl (C=O) groups excluding carboxylic acids is 1. The highest BCUT2D eigenvalue weighted by molar-refractivity contribution is 5.91. The van der Waals surface area contributed by atoms with Crippen LogP contribution in [0.5, 0.6) is 5.75 Å². The van der Waals surface area contributed by atoms with Crippen LogP contribution < -0.4 is 4.74 Å². The molecule has 1 aromatic rings. The van der Waals surface area contributed by atoms with Crippen molar-refractivity contribution in [2.24, 2.45) is 0 Å². The van der Waals surface area contributed by atoms with Crippen molar-refractivity contribution in [2.75, 3.05) is 6.61 Å². The van der Waals surface area contributed by atoms with Crippen LogP contribution in [0.3, 0.4) is 0 Å². The second-order valence-corrected chi connectivity index (χ2v) is 5.23. The lowest BCUT2D eigenvalue weighted by atomic mass is 10.2. The molecule has 3 rings (SSSR count). The molecule has 0 amide bonds. The van der Waals surface area contributed by atoms with E-state index < -0.39 is 11.7 Å². The van der Waals surface area contributed by atoms with Crippen LogP contribution in [-0.4, -0.2) is 18.5 Å². The molecule has 1 unspecified atom stereocenters. The molecule has 0 saturated carbocycles. The Kier molecular flexibility index (Phi) is 4.29. The smallest absolute Gasteiger partial charge is 0.416 e. The van der Waals surface area contributed by atoms with E-state index in [1.54, 1.807) is 6.08 Å². The minimum absolute atomic E-state index is 0.00404. The molecule has 3 nitrogen and oxygen atoms in total. The fourth-order valence-corrected chi connectivity index (χ4v) is 2.28. The first-order valence-corrected chi connectivity index (χ1v) is 7.20. The predicted octanol–water partition coefficient (Wildman–Crippen LogP) is 3.99. The van der Waals surface area contributed by atoms with Crippen LogP contribution >= 0.6 is 0 Å².